The molecule has 1 unspecified atom stereocenters. The van der Waals surface area contributed by atoms with Gasteiger partial charge >= 0.3 is 0 Å². The lowest BCUT2D eigenvalue weighted by Crippen LogP contribution is -2.64. The Balaban J connectivity index is 2.02. The van der Waals surface area contributed by atoms with Crippen molar-refractivity contribution in [1.82, 2.24) is 15.6 Å². The SMILES string of the molecule is CC(=O)NC1(C(=O)N[C@H](C(N)=O)C(C)C)CCc2[nH]c3cccc(Cl)c3c2C1. The van der Waals surface area contributed by atoms with Crippen molar-refractivity contribution in [3.63, 3.8) is 0 Å². The molecule has 1 aliphatic carbocycles. The largest absolute Gasteiger partial charge is 0.368 e. The first-order valence-corrected chi connectivity index (χ1v) is 9.69. The zero-order valence-electron chi connectivity index (χ0n) is 16.2. The second kappa shape index (κ2) is 7.47. The van der Waals surface area contributed by atoms with Crippen molar-refractivity contribution in [2.75, 3.05) is 0 Å². The van der Waals surface area contributed by atoms with Gasteiger partial charge in [-0.2, -0.15) is 0 Å². The second-order valence-electron chi connectivity index (χ2n) is 7.78. The molecule has 150 valence electrons. The predicted molar refractivity (Wildman–Crippen MR) is 108 cm³/mol. The topological polar surface area (TPSA) is 117 Å². The van der Waals surface area contributed by atoms with Crippen molar-refractivity contribution < 1.29 is 14.4 Å². The number of H-pyrrole nitrogens is 1. The summed E-state index contributed by atoms with van der Waals surface area (Å²) in [6, 6.07) is 4.78. The van der Waals surface area contributed by atoms with Crippen LogP contribution in [-0.4, -0.2) is 34.3 Å². The van der Waals surface area contributed by atoms with E-state index in [1.165, 1.54) is 6.92 Å². The fourth-order valence-electron chi connectivity index (χ4n) is 4.00. The molecule has 0 radical (unpaired) electrons. The van der Waals surface area contributed by atoms with Crippen LogP contribution in [-0.2, 0) is 27.2 Å². The summed E-state index contributed by atoms with van der Waals surface area (Å²) in [5, 5.41) is 7.03. The summed E-state index contributed by atoms with van der Waals surface area (Å²) in [4.78, 5) is 40.3. The Morgan fingerprint density at radius 2 is 2.00 bits per heavy atom. The van der Waals surface area contributed by atoms with E-state index in [9.17, 15) is 14.4 Å². The van der Waals surface area contributed by atoms with Crippen molar-refractivity contribution >= 4 is 40.2 Å². The molecule has 5 N–H and O–H groups in total. The fourth-order valence-corrected chi connectivity index (χ4v) is 4.29. The van der Waals surface area contributed by atoms with E-state index in [1.54, 1.807) is 19.9 Å². The van der Waals surface area contributed by atoms with Crippen LogP contribution in [0.5, 0.6) is 0 Å². The number of benzene rings is 1. The molecule has 1 heterocycles. The first kappa shape index (κ1) is 20.2. The number of aryl methyl sites for hydroxylation is 1. The number of primary amides is 1. The van der Waals surface area contributed by atoms with E-state index < -0.39 is 23.4 Å². The van der Waals surface area contributed by atoms with Crippen molar-refractivity contribution in [2.24, 2.45) is 11.7 Å². The first-order chi connectivity index (χ1) is 13.1. The van der Waals surface area contributed by atoms with Crippen LogP contribution >= 0.6 is 11.6 Å². The summed E-state index contributed by atoms with van der Waals surface area (Å²) in [6.07, 6.45) is 1.25. The number of hydrogen-bond acceptors (Lipinski definition) is 3. The van der Waals surface area contributed by atoms with E-state index >= 15 is 0 Å². The van der Waals surface area contributed by atoms with Gasteiger partial charge in [-0.3, -0.25) is 14.4 Å². The van der Waals surface area contributed by atoms with Gasteiger partial charge in [-0.25, -0.2) is 0 Å². The highest BCUT2D eigenvalue weighted by Crippen LogP contribution is 2.37. The normalized spacial score (nSPS) is 19.9. The standard InChI is InChI=1S/C20H25ClN4O3/c1-10(2)17(18(22)27)24-19(28)20(25-11(3)26)8-7-14-12(9-20)16-13(21)5-4-6-15(16)23-14/h4-6,10,17,23H,7-9H2,1-3H3,(H2,22,27)(H,24,28)(H,25,26)/t17-,20?/m0/s1. The Hall–Kier alpha value is -2.54. The number of carbonyl (C=O) groups is 3. The van der Waals surface area contributed by atoms with E-state index in [2.05, 4.69) is 15.6 Å². The van der Waals surface area contributed by atoms with Crippen LogP contribution in [0.1, 0.15) is 38.4 Å². The maximum atomic E-state index is 13.3. The third kappa shape index (κ3) is 3.58. The quantitative estimate of drug-likeness (QED) is 0.608. The molecule has 0 saturated heterocycles. The van der Waals surface area contributed by atoms with Gasteiger partial charge in [0.2, 0.25) is 17.7 Å². The molecule has 0 aliphatic heterocycles. The molecule has 0 saturated carbocycles. The molecule has 28 heavy (non-hydrogen) atoms. The number of aromatic nitrogens is 1. The van der Waals surface area contributed by atoms with Gasteiger partial charge in [0.1, 0.15) is 11.6 Å². The van der Waals surface area contributed by atoms with Gasteiger partial charge in [-0.1, -0.05) is 31.5 Å². The molecule has 0 bridgehead atoms. The summed E-state index contributed by atoms with van der Waals surface area (Å²) < 4.78 is 0. The van der Waals surface area contributed by atoms with Crippen molar-refractivity contribution in [3.05, 3.63) is 34.5 Å². The summed E-state index contributed by atoms with van der Waals surface area (Å²) in [5.41, 5.74) is 7.10. The van der Waals surface area contributed by atoms with Crippen LogP contribution in [0.15, 0.2) is 18.2 Å². The van der Waals surface area contributed by atoms with Crippen LogP contribution in [0.4, 0.5) is 0 Å². The third-order valence-electron chi connectivity index (χ3n) is 5.36. The molecule has 0 fully saturated rings. The monoisotopic (exact) mass is 404 g/mol. The molecule has 2 atom stereocenters. The maximum absolute atomic E-state index is 13.3. The smallest absolute Gasteiger partial charge is 0.246 e. The molecule has 7 nitrogen and oxygen atoms in total. The zero-order chi connectivity index (χ0) is 20.6. The molecular weight excluding hydrogens is 380 g/mol. The summed E-state index contributed by atoms with van der Waals surface area (Å²) in [7, 11) is 0. The van der Waals surface area contributed by atoms with E-state index in [0.29, 0.717) is 17.9 Å². The number of nitrogens with two attached hydrogens (primary N) is 1. The molecule has 0 spiro atoms. The minimum absolute atomic E-state index is 0.169. The highest BCUT2D eigenvalue weighted by Gasteiger charge is 2.44. The van der Waals surface area contributed by atoms with Crippen molar-refractivity contribution in [1.29, 1.82) is 0 Å². The molecule has 3 rings (SSSR count). The van der Waals surface area contributed by atoms with Gasteiger partial charge in [0, 0.05) is 29.9 Å². The molecular formula is C20H25ClN4O3. The molecule has 2 aromatic rings. The lowest BCUT2D eigenvalue weighted by Gasteiger charge is -2.37. The Morgan fingerprint density at radius 1 is 1.29 bits per heavy atom. The number of carbonyl (C=O) groups excluding carboxylic acids is 3. The minimum atomic E-state index is -1.17. The van der Waals surface area contributed by atoms with E-state index in [4.69, 9.17) is 17.3 Å². The zero-order valence-corrected chi connectivity index (χ0v) is 16.9. The van der Waals surface area contributed by atoms with E-state index in [1.807, 2.05) is 12.1 Å². The Bertz CT molecular complexity index is 952. The summed E-state index contributed by atoms with van der Waals surface area (Å²) in [5.74, 6) is -1.50. The van der Waals surface area contributed by atoms with Crippen LogP contribution in [0.3, 0.4) is 0 Å². The Morgan fingerprint density at radius 3 is 2.61 bits per heavy atom. The lowest BCUT2D eigenvalue weighted by atomic mass is 9.78. The van der Waals surface area contributed by atoms with Gasteiger partial charge in [-0.15, -0.1) is 0 Å². The summed E-state index contributed by atoms with van der Waals surface area (Å²) in [6.45, 7) is 4.99. The average Bonchev–Trinajstić information content (AvgIpc) is 2.97. The van der Waals surface area contributed by atoms with Gasteiger partial charge < -0.3 is 21.4 Å². The number of fused-ring (bicyclic) bond motifs is 3. The molecule has 3 amide bonds. The molecule has 8 heteroatoms. The number of rotatable bonds is 5. The van der Waals surface area contributed by atoms with Gasteiger partial charge in [0.25, 0.3) is 0 Å². The summed E-state index contributed by atoms with van der Waals surface area (Å²) >= 11 is 6.41. The fraction of sp³-hybridized carbons (Fsp3) is 0.450. The van der Waals surface area contributed by atoms with E-state index in [0.717, 1.165) is 22.2 Å². The molecule has 1 aromatic carbocycles. The van der Waals surface area contributed by atoms with E-state index in [-0.39, 0.29) is 18.2 Å². The highest BCUT2D eigenvalue weighted by atomic mass is 35.5. The Labute approximate surface area is 168 Å². The third-order valence-corrected chi connectivity index (χ3v) is 5.67. The van der Waals surface area contributed by atoms with Crippen molar-refractivity contribution in [2.45, 2.75) is 51.6 Å². The first-order valence-electron chi connectivity index (χ1n) is 9.31. The highest BCUT2D eigenvalue weighted by molar-refractivity contribution is 6.35. The number of halogens is 1. The number of hydrogen-bond donors (Lipinski definition) is 4. The van der Waals surface area contributed by atoms with Crippen LogP contribution in [0.25, 0.3) is 10.9 Å². The van der Waals surface area contributed by atoms with Gasteiger partial charge in [0.15, 0.2) is 0 Å². The number of amides is 3. The van der Waals surface area contributed by atoms with Crippen LogP contribution < -0.4 is 16.4 Å². The minimum Gasteiger partial charge on any atom is -0.368 e. The van der Waals surface area contributed by atoms with Gasteiger partial charge in [0.05, 0.1) is 5.02 Å². The Kier molecular flexibility index (Phi) is 5.39. The van der Waals surface area contributed by atoms with Gasteiger partial charge in [-0.05, 0) is 36.5 Å². The van der Waals surface area contributed by atoms with Crippen LogP contribution in [0.2, 0.25) is 5.02 Å². The average molecular weight is 405 g/mol. The second-order valence-corrected chi connectivity index (χ2v) is 8.19. The predicted octanol–water partition coefficient (Wildman–Crippen LogP) is 1.81. The maximum Gasteiger partial charge on any atom is 0.246 e. The lowest BCUT2D eigenvalue weighted by molar-refractivity contribution is -0.136. The molecule has 1 aliphatic rings. The molecule has 1 aromatic heterocycles. The number of aromatic amines is 1. The van der Waals surface area contributed by atoms with Crippen molar-refractivity contribution in [3.8, 4) is 0 Å². The van der Waals surface area contributed by atoms with Crippen LogP contribution in [0, 0.1) is 5.92 Å². The number of nitrogens with one attached hydrogen (secondary N) is 3.